The Bertz CT molecular complexity index is 2500. The van der Waals surface area contributed by atoms with E-state index in [1.165, 1.54) is 28.8 Å². The van der Waals surface area contributed by atoms with Crippen molar-refractivity contribution in [2.75, 3.05) is 18.5 Å². The standard InChI is InChI=1S/C49H52ClN7O4/c1-32(31-61-44-17-23-51-42-13-6-8-33(2)45(42)44)26-36-27-35-14-15-39(29-40(35)48(36)18-20-49(21-19-48,47(58)59)54-38-12-7-11-37(50)28-38)60-25-24-57-30-43(55-56-57)41-16-22-52-46(53-41)34-9-4-3-5-10-34/h3-5,7,9-12,14-17,22-23,28-30,32-33,36,54H,6,8,13,18-21,24-27,31H2,1-2H3,(H,58,59)/t32-,33-,36+,48?,49?/m1/s1. The first-order chi connectivity index (χ1) is 29.7. The van der Waals surface area contributed by atoms with E-state index in [0.29, 0.717) is 66.7 Å². The molecule has 3 aromatic carbocycles. The van der Waals surface area contributed by atoms with Crippen molar-refractivity contribution in [3.63, 3.8) is 0 Å². The zero-order chi connectivity index (χ0) is 42.0. The summed E-state index contributed by atoms with van der Waals surface area (Å²) in [6.07, 6.45) is 13.2. The van der Waals surface area contributed by atoms with Crippen LogP contribution in [0.1, 0.15) is 87.1 Å². The van der Waals surface area contributed by atoms with Crippen molar-refractivity contribution in [1.82, 2.24) is 29.9 Å². The number of rotatable bonds is 14. The Labute approximate surface area is 361 Å². The van der Waals surface area contributed by atoms with E-state index >= 15 is 0 Å². The van der Waals surface area contributed by atoms with Gasteiger partial charge in [-0.25, -0.2) is 19.4 Å². The molecule has 0 saturated heterocycles. The third kappa shape index (κ3) is 8.45. The lowest BCUT2D eigenvalue weighted by molar-refractivity contribution is -0.144. The van der Waals surface area contributed by atoms with Crippen molar-refractivity contribution < 1.29 is 19.4 Å². The summed E-state index contributed by atoms with van der Waals surface area (Å²) in [6.45, 7) is 6.08. The third-order valence-corrected chi connectivity index (χ3v) is 13.6. The van der Waals surface area contributed by atoms with Crippen molar-refractivity contribution in [2.24, 2.45) is 11.8 Å². The summed E-state index contributed by atoms with van der Waals surface area (Å²) in [5.41, 5.74) is 6.76. The lowest BCUT2D eigenvalue weighted by atomic mass is 9.59. The molecule has 0 bridgehead atoms. The predicted molar refractivity (Wildman–Crippen MR) is 236 cm³/mol. The van der Waals surface area contributed by atoms with Crippen LogP contribution in [0.5, 0.6) is 11.5 Å². The van der Waals surface area contributed by atoms with Crippen LogP contribution in [-0.4, -0.2) is 59.8 Å². The Morgan fingerprint density at radius 1 is 0.967 bits per heavy atom. The van der Waals surface area contributed by atoms with E-state index < -0.39 is 11.5 Å². The Balaban J connectivity index is 0.916. The van der Waals surface area contributed by atoms with Crippen molar-refractivity contribution in [3.8, 4) is 34.3 Å². The normalized spacial score (nSPS) is 22.3. The number of hydrogen-bond donors (Lipinski definition) is 2. The average molecular weight is 838 g/mol. The molecule has 61 heavy (non-hydrogen) atoms. The third-order valence-electron chi connectivity index (χ3n) is 13.3. The van der Waals surface area contributed by atoms with E-state index in [2.05, 4.69) is 57.6 Å². The van der Waals surface area contributed by atoms with Gasteiger partial charge in [-0.05, 0) is 135 Å². The van der Waals surface area contributed by atoms with Crippen molar-refractivity contribution in [3.05, 3.63) is 131 Å². The number of hydrogen-bond acceptors (Lipinski definition) is 9. The van der Waals surface area contributed by atoms with Crippen molar-refractivity contribution in [1.29, 1.82) is 0 Å². The summed E-state index contributed by atoms with van der Waals surface area (Å²) < 4.78 is 14.8. The topological polar surface area (TPSA) is 137 Å². The van der Waals surface area contributed by atoms with E-state index in [1.54, 1.807) is 23.0 Å². The second-order valence-corrected chi connectivity index (χ2v) is 17.8. The van der Waals surface area contributed by atoms with Gasteiger partial charge in [0, 0.05) is 39.9 Å². The van der Waals surface area contributed by atoms with Crippen LogP contribution >= 0.6 is 11.6 Å². The van der Waals surface area contributed by atoms with E-state index in [-0.39, 0.29) is 11.3 Å². The molecule has 1 spiro atoms. The monoisotopic (exact) mass is 837 g/mol. The maximum Gasteiger partial charge on any atom is 0.329 e. The van der Waals surface area contributed by atoms with E-state index in [0.717, 1.165) is 61.3 Å². The van der Waals surface area contributed by atoms with Crippen LogP contribution < -0.4 is 14.8 Å². The summed E-state index contributed by atoms with van der Waals surface area (Å²) >= 11 is 6.33. The largest absolute Gasteiger partial charge is 0.493 e. The summed E-state index contributed by atoms with van der Waals surface area (Å²) in [5, 5.41) is 23.5. The highest BCUT2D eigenvalue weighted by atomic mass is 35.5. The number of ether oxygens (including phenoxy) is 2. The molecule has 12 heteroatoms. The zero-order valence-electron chi connectivity index (χ0n) is 34.8. The van der Waals surface area contributed by atoms with Gasteiger partial charge in [0.25, 0.3) is 0 Å². The fraction of sp³-hybridized carbons (Fsp3) is 0.388. The Morgan fingerprint density at radius 3 is 2.62 bits per heavy atom. The molecule has 0 amide bonds. The number of aromatic nitrogens is 6. The predicted octanol–water partition coefficient (Wildman–Crippen LogP) is 9.99. The van der Waals surface area contributed by atoms with Gasteiger partial charge in [-0.3, -0.25) is 4.98 Å². The minimum absolute atomic E-state index is 0.209. The molecular weight excluding hydrogens is 786 g/mol. The number of aryl methyl sites for hydroxylation is 1. The number of aliphatic carboxylic acids is 1. The van der Waals surface area contributed by atoms with E-state index in [4.69, 9.17) is 26.1 Å². The first-order valence-electron chi connectivity index (χ1n) is 21.6. The molecule has 3 atom stereocenters. The van der Waals surface area contributed by atoms with Gasteiger partial charge >= 0.3 is 5.97 Å². The molecule has 0 radical (unpaired) electrons. The molecule has 0 unspecified atom stereocenters. The molecule has 2 N–H and O–H groups in total. The zero-order valence-corrected chi connectivity index (χ0v) is 35.5. The van der Waals surface area contributed by atoms with Gasteiger partial charge in [-0.1, -0.05) is 73.1 Å². The van der Waals surface area contributed by atoms with Crippen LogP contribution in [0, 0.1) is 11.8 Å². The highest BCUT2D eigenvalue weighted by Crippen LogP contribution is 2.57. The van der Waals surface area contributed by atoms with Crippen LogP contribution in [0.15, 0.2) is 104 Å². The van der Waals surface area contributed by atoms with Gasteiger partial charge in [-0.15, -0.1) is 5.10 Å². The number of halogens is 1. The second kappa shape index (κ2) is 17.3. The number of nitrogens with zero attached hydrogens (tertiary/aromatic N) is 6. The molecule has 3 aromatic heterocycles. The Kier molecular flexibility index (Phi) is 11.5. The van der Waals surface area contributed by atoms with Gasteiger partial charge in [0.2, 0.25) is 0 Å². The fourth-order valence-electron chi connectivity index (χ4n) is 10.2. The van der Waals surface area contributed by atoms with Crippen LogP contribution in [-0.2, 0) is 29.6 Å². The molecule has 0 aliphatic heterocycles. The fourth-order valence-corrected chi connectivity index (χ4v) is 10.4. The average Bonchev–Trinajstić information content (AvgIpc) is 3.86. The van der Waals surface area contributed by atoms with E-state index in [9.17, 15) is 9.90 Å². The highest BCUT2D eigenvalue weighted by molar-refractivity contribution is 6.30. The molecule has 1 fully saturated rings. The lowest BCUT2D eigenvalue weighted by Crippen LogP contribution is -2.53. The number of anilines is 1. The molecule has 314 valence electrons. The summed E-state index contributed by atoms with van der Waals surface area (Å²) in [5.74, 6) is 2.61. The van der Waals surface area contributed by atoms with Gasteiger partial charge in [0.05, 0.1) is 25.0 Å². The van der Waals surface area contributed by atoms with Gasteiger partial charge in [-0.2, -0.15) is 0 Å². The number of fused-ring (bicyclic) bond motifs is 3. The summed E-state index contributed by atoms with van der Waals surface area (Å²) in [4.78, 5) is 27.0. The lowest BCUT2D eigenvalue weighted by Gasteiger charge is -2.47. The molecule has 6 aromatic rings. The first kappa shape index (κ1) is 40.6. The van der Waals surface area contributed by atoms with Gasteiger partial charge in [0.15, 0.2) is 5.82 Å². The number of carboxylic acids is 1. The molecule has 3 aliphatic carbocycles. The molecular formula is C49H52ClN7O4. The number of carboxylic acid groups (broad SMARTS) is 1. The molecule has 3 aliphatic rings. The van der Waals surface area contributed by atoms with E-state index in [1.807, 2.05) is 67.0 Å². The first-order valence-corrected chi connectivity index (χ1v) is 22.0. The van der Waals surface area contributed by atoms with Gasteiger partial charge < -0.3 is 19.9 Å². The SMILES string of the molecule is C[C@@H](COc1ccnc2c1[C@H](C)CCC2)C[C@H]1Cc2ccc(OCCn3cc(-c4ccnc(-c5ccccc5)n4)nn3)cc2C12CCC(Nc1cccc(Cl)c1)(C(=O)O)CC2. The number of pyridine rings is 1. The Hall–Kier alpha value is -5.81. The van der Waals surface area contributed by atoms with Crippen LogP contribution in [0.3, 0.4) is 0 Å². The summed E-state index contributed by atoms with van der Waals surface area (Å²) in [6, 6.07) is 27.6. The van der Waals surface area contributed by atoms with Crippen LogP contribution in [0.4, 0.5) is 5.69 Å². The molecule has 3 heterocycles. The maximum atomic E-state index is 13.1. The maximum absolute atomic E-state index is 13.1. The highest BCUT2D eigenvalue weighted by Gasteiger charge is 2.54. The van der Waals surface area contributed by atoms with Crippen molar-refractivity contribution >= 4 is 23.3 Å². The quantitative estimate of drug-likeness (QED) is 0.109. The molecule has 11 nitrogen and oxygen atoms in total. The second-order valence-electron chi connectivity index (χ2n) is 17.4. The minimum Gasteiger partial charge on any atom is -0.493 e. The van der Waals surface area contributed by atoms with Crippen LogP contribution in [0.25, 0.3) is 22.8 Å². The minimum atomic E-state index is -1.10. The molecule has 9 rings (SSSR count). The van der Waals surface area contributed by atoms with Gasteiger partial charge in [0.1, 0.15) is 29.3 Å². The van der Waals surface area contributed by atoms with Crippen molar-refractivity contribution in [2.45, 2.75) is 95.1 Å². The van der Waals surface area contributed by atoms with Crippen LogP contribution in [0.2, 0.25) is 5.02 Å². The smallest absolute Gasteiger partial charge is 0.329 e. The summed E-state index contributed by atoms with van der Waals surface area (Å²) in [7, 11) is 0. The molecule has 1 saturated carbocycles. The number of nitrogens with one attached hydrogen (secondary N) is 1. The number of benzene rings is 3. The number of carbonyl (C=O) groups is 1. The Morgan fingerprint density at radius 2 is 1.80 bits per heavy atom.